The maximum Gasteiger partial charge on any atom is 0.0969 e. The van der Waals surface area contributed by atoms with E-state index in [1.165, 1.54) is 5.56 Å². The van der Waals surface area contributed by atoms with Gasteiger partial charge in [0.05, 0.1) is 17.6 Å². The first-order valence-corrected chi connectivity index (χ1v) is 5.82. The number of aryl methyl sites for hydroxylation is 1. The van der Waals surface area contributed by atoms with E-state index >= 15 is 0 Å². The second-order valence-corrected chi connectivity index (χ2v) is 4.49. The van der Waals surface area contributed by atoms with Crippen LogP contribution in [-0.4, -0.2) is 22.0 Å². The third-order valence-corrected chi connectivity index (χ3v) is 2.88. The fourth-order valence-electron chi connectivity index (χ4n) is 1.48. The van der Waals surface area contributed by atoms with Crippen LogP contribution in [0.25, 0.3) is 5.69 Å². The number of benzene rings is 1. The van der Waals surface area contributed by atoms with Gasteiger partial charge >= 0.3 is 0 Å². The molecule has 0 aliphatic carbocycles. The molecule has 16 heavy (non-hydrogen) atoms. The molecule has 1 aromatic heterocycles. The fraction of sp³-hybridized carbons (Fsp3) is 0.273. The molecule has 0 radical (unpaired) electrons. The van der Waals surface area contributed by atoms with Gasteiger partial charge in [0.25, 0.3) is 0 Å². The van der Waals surface area contributed by atoms with E-state index in [0.29, 0.717) is 0 Å². The van der Waals surface area contributed by atoms with Crippen LogP contribution in [0.15, 0.2) is 28.9 Å². The van der Waals surface area contributed by atoms with Gasteiger partial charge in [-0.05, 0) is 47.6 Å². The summed E-state index contributed by atoms with van der Waals surface area (Å²) in [5, 5.41) is 11.2. The van der Waals surface area contributed by atoms with Crippen LogP contribution in [0, 0.1) is 6.92 Å². The third kappa shape index (κ3) is 2.31. The molecule has 0 amide bonds. The predicted octanol–water partition coefficient (Wildman–Crippen LogP) is 2.06. The van der Waals surface area contributed by atoms with Crippen LogP contribution in [0.5, 0.6) is 0 Å². The highest BCUT2D eigenvalue weighted by Crippen LogP contribution is 2.21. The van der Waals surface area contributed by atoms with Crippen molar-refractivity contribution >= 4 is 15.9 Å². The lowest BCUT2D eigenvalue weighted by molar-refractivity contribution is 0.766. The second-order valence-electron chi connectivity index (χ2n) is 3.64. The summed E-state index contributed by atoms with van der Waals surface area (Å²) in [4.78, 5) is 0. The van der Waals surface area contributed by atoms with Gasteiger partial charge in [-0.1, -0.05) is 11.3 Å². The van der Waals surface area contributed by atoms with Gasteiger partial charge in [0.1, 0.15) is 0 Å². The summed E-state index contributed by atoms with van der Waals surface area (Å²) in [6.07, 6.45) is 1.92. The Kier molecular flexibility index (Phi) is 3.36. The zero-order valence-corrected chi connectivity index (χ0v) is 10.8. The molecule has 0 aliphatic rings. The molecule has 0 aliphatic heterocycles. The molecule has 0 atom stereocenters. The van der Waals surface area contributed by atoms with Crippen LogP contribution >= 0.6 is 15.9 Å². The summed E-state index contributed by atoms with van der Waals surface area (Å²) in [7, 11) is 1.89. The van der Waals surface area contributed by atoms with Crippen molar-refractivity contribution in [1.82, 2.24) is 20.3 Å². The first kappa shape index (κ1) is 11.3. The summed E-state index contributed by atoms with van der Waals surface area (Å²) in [6.45, 7) is 2.78. The van der Waals surface area contributed by atoms with Gasteiger partial charge in [-0.25, -0.2) is 4.68 Å². The highest BCUT2D eigenvalue weighted by molar-refractivity contribution is 9.10. The number of hydrogen-bond acceptors (Lipinski definition) is 3. The van der Waals surface area contributed by atoms with E-state index in [2.05, 4.69) is 50.6 Å². The number of nitrogens with zero attached hydrogens (tertiary/aromatic N) is 3. The van der Waals surface area contributed by atoms with Crippen molar-refractivity contribution in [2.24, 2.45) is 0 Å². The van der Waals surface area contributed by atoms with Gasteiger partial charge in [0.2, 0.25) is 0 Å². The average Bonchev–Trinajstić information content (AvgIpc) is 2.67. The standard InChI is InChI=1S/C11H13BrN4/c1-8-3-4-11(10(12)5-8)16-7-9(6-13-2)14-15-16/h3-5,7,13H,6H2,1-2H3. The Hall–Kier alpha value is -1.20. The fourth-order valence-corrected chi connectivity index (χ4v) is 2.15. The minimum absolute atomic E-state index is 0.726. The van der Waals surface area contributed by atoms with Crippen molar-refractivity contribution in [3.8, 4) is 5.69 Å². The van der Waals surface area contributed by atoms with Gasteiger partial charge in [-0.2, -0.15) is 0 Å². The van der Waals surface area contributed by atoms with Crippen LogP contribution in [0.1, 0.15) is 11.3 Å². The molecule has 2 rings (SSSR count). The lowest BCUT2D eigenvalue weighted by Gasteiger charge is -2.03. The van der Waals surface area contributed by atoms with E-state index in [4.69, 9.17) is 0 Å². The SMILES string of the molecule is CNCc1cn(-c2ccc(C)cc2Br)nn1. The van der Waals surface area contributed by atoms with Crippen LogP contribution in [0.2, 0.25) is 0 Å². The van der Waals surface area contributed by atoms with Crippen molar-refractivity contribution in [2.45, 2.75) is 13.5 Å². The molecule has 2 aromatic rings. The second kappa shape index (κ2) is 4.76. The number of aromatic nitrogens is 3. The van der Waals surface area contributed by atoms with Crippen molar-refractivity contribution in [2.75, 3.05) is 7.05 Å². The molecule has 0 spiro atoms. The average molecular weight is 281 g/mol. The predicted molar refractivity (Wildman–Crippen MR) is 66.6 cm³/mol. The summed E-state index contributed by atoms with van der Waals surface area (Å²) in [6, 6.07) is 6.14. The van der Waals surface area contributed by atoms with Crippen molar-refractivity contribution in [3.05, 3.63) is 40.1 Å². The first-order chi connectivity index (χ1) is 7.70. The van der Waals surface area contributed by atoms with Crippen LogP contribution in [0.3, 0.4) is 0 Å². The Morgan fingerprint density at radius 3 is 2.94 bits per heavy atom. The van der Waals surface area contributed by atoms with E-state index in [1.807, 2.05) is 19.3 Å². The first-order valence-electron chi connectivity index (χ1n) is 5.03. The lowest BCUT2D eigenvalue weighted by atomic mass is 10.2. The normalized spacial score (nSPS) is 10.7. The highest BCUT2D eigenvalue weighted by atomic mass is 79.9. The lowest BCUT2D eigenvalue weighted by Crippen LogP contribution is -2.05. The van der Waals surface area contributed by atoms with E-state index in [-0.39, 0.29) is 0 Å². The van der Waals surface area contributed by atoms with Crippen molar-refractivity contribution in [3.63, 3.8) is 0 Å². The van der Waals surface area contributed by atoms with E-state index in [0.717, 1.165) is 22.4 Å². The molecule has 0 saturated heterocycles. The summed E-state index contributed by atoms with van der Waals surface area (Å²) < 4.78 is 2.80. The monoisotopic (exact) mass is 280 g/mol. The Labute approximate surface area is 103 Å². The maximum absolute atomic E-state index is 4.09. The summed E-state index contributed by atoms with van der Waals surface area (Å²) >= 11 is 3.53. The molecule has 0 saturated carbocycles. The van der Waals surface area contributed by atoms with Gasteiger partial charge < -0.3 is 5.32 Å². The largest absolute Gasteiger partial charge is 0.314 e. The Balaban J connectivity index is 2.35. The Morgan fingerprint density at radius 2 is 2.25 bits per heavy atom. The van der Waals surface area contributed by atoms with Crippen LogP contribution in [0.4, 0.5) is 0 Å². The smallest absolute Gasteiger partial charge is 0.0969 e. The maximum atomic E-state index is 4.09. The molecular formula is C11H13BrN4. The summed E-state index contributed by atoms with van der Waals surface area (Å²) in [5.74, 6) is 0. The molecule has 84 valence electrons. The Bertz CT molecular complexity index is 492. The number of halogens is 1. The molecule has 0 fully saturated rings. The van der Waals surface area contributed by atoms with Crippen LogP contribution in [-0.2, 0) is 6.54 Å². The highest BCUT2D eigenvalue weighted by Gasteiger charge is 2.05. The van der Waals surface area contributed by atoms with E-state index in [1.54, 1.807) is 4.68 Å². The van der Waals surface area contributed by atoms with Crippen molar-refractivity contribution in [1.29, 1.82) is 0 Å². The van der Waals surface area contributed by atoms with E-state index in [9.17, 15) is 0 Å². The number of hydrogen-bond donors (Lipinski definition) is 1. The molecule has 0 unspecified atom stereocenters. The topological polar surface area (TPSA) is 42.7 Å². The van der Waals surface area contributed by atoms with Gasteiger partial charge in [-0.3, -0.25) is 0 Å². The van der Waals surface area contributed by atoms with Crippen molar-refractivity contribution < 1.29 is 0 Å². The zero-order valence-electron chi connectivity index (χ0n) is 9.24. The molecule has 1 aromatic carbocycles. The molecule has 4 nitrogen and oxygen atoms in total. The molecule has 5 heteroatoms. The van der Waals surface area contributed by atoms with Gasteiger partial charge in [-0.15, -0.1) is 5.10 Å². The quantitative estimate of drug-likeness (QED) is 0.936. The molecule has 0 bridgehead atoms. The third-order valence-electron chi connectivity index (χ3n) is 2.25. The summed E-state index contributed by atoms with van der Waals surface area (Å²) in [5.41, 5.74) is 3.14. The molecule has 1 N–H and O–H groups in total. The van der Waals surface area contributed by atoms with Gasteiger partial charge in [0.15, 0.2) is 0 Å². The van der Waals surface area contributed by atoms with Crippen LogP contribution < -0.4 is 5.32 Å². The molecule has 1 heterocycles. The Morgan fingerprint density at radius 1 is 1.44 bits per heavy atom. The number of nitrogens with one attached hydrogen (secondary N) is 1. The van der Waals surface area contributed by atoms with Gasteiger partial charge in [0, 0.05) is 11.0 Å². The number of rotatable bonds is 3. The van der Waals surface area contributed by atoms with E-state index < -0.39 is 0 Å². The molecular weight excluding hydrogens is 268 g/mol. The zero-order chi connectivity index (χ0) is 11.5. The minimum atomic E-state index is 0.726. The minimum Gasteiger partial charge on any atom is -0.314 e.